The molecule has 1 fully saturated rings. The Hall–Kier alpha value is -2.98. The number of anilines is 2. The summed E-state index contributed by atoms with van der Waals surface area (Å²) in [6, 6.07) is 18.5. The number of halogens is 1. The van der Waals surface area contributed by atoms with Crippen LogP contribution in [0.25, 0.3) is 0 Å². The van der Waals surface area contributed by atoms with Crippen molar-refractivity contribution in [3.63, 3.8) is 0 Å². The van der Waals surface area contributed by atoms with E-state index >= 15 is 0 Å². The number of aliphatic imine (C=N–C) groups is 1. The smallest absolute Gasteiger partial charge is 0.123 e. The Morgan fingerprint density at radius 1 is 1.03 bits per heavy atom. The van der Waals surface area contributed by atoms with E-state index in [1.54, 1.807) is 12.1 Å². The van der Waals surface area contributed by atoms with Gasteiger partial charge in [-0.2, -0.15) is 0 Å². The van der Waals surface area contributed by atoms with E-state index in [-0.39, 0.29) is 5.82 Å². The summed E-state index contributed by atoms with van der Waals surface area (Å²) in [4.78, 5) is 9.60. The predicted octanol–water partition coefficient (Wildman–Crippen LogP) is 9.26. The Morgan fingerprint density at radius 3 is 2.24 bits per heavy atom. The SMILES string of the molecule is C=C(C)/C(C(=C)CCCC(CCC)N1CCC(N(c2ccccc2)c2ccc(F)cc2)CC1)=C(/C)N=CC. The van der Waals surface area contributed by atoms with Crippen LogP contribution in [0.2, 0.25) is 0 Å². The van der Waals surface area contributed by atoms with Crippen LogP contribution >= 0.6 is 0 Å². The molecule has 1 heterocycles. The largest absolute Gasteiger partial charge is 0.338 e. The van der Waals surface area contributed by atoms with Crippen molar-refractivity contribution in [3.05, 3.63) is 96.0 Å². The number of hydrogen-bond acceptors (Lipinski definition) is 3. The van der Waals surface area contributed by atoms with Crippen molar-refractivity contribution in [3.8, 4) is 0 Å². The molecule has 0 aliphatic carbocycles. The maximum atomic E-state index is 13.7. The molecule has 0 amide bonds. The van der Waals surface area contributed by atoms with Gasteiger partial charge in [-0.3, -0.25) is 4.99 Å². The summed E-state index contributed by atoms with van der Waals surface area (Å²) in [6.45, 7) is 19.1. The quantitative estimate of drug-likeness (QED) is 0.195. The molecule has 3 rings (SSSR count). The molecule has 204 valence electrons. The lowest BCUT2D eigenvalue weighted by Crippen LogP contribution is -2.47. The van der Waals surface area contributed by atoms with Gasteiger partial charge in [0, 0.05) is 54.0 Å². The average molecular weight is 516 g/mol. The van der Waals surface area contributed by atoms with Crippen LogP contribution < -0.4 is 4.90 Å². The highest BCUT2D eigenvalue weighted by Crippen LogP contribution is 2.33. The Labute approximate surface area is 230 Å². The highest BCUT2D eigenvalue weighted by molar-refractivity contribution is 5.64. The van der Waals surface area contributed by atoms with Crippen LogP contribution in [0.15, 0.2) is 95.2 Å². The van der Waals surface area contributed by atoms with E-state index < -0.39 is 0 Å². The molecule has 2 aromatic rings. The summed E-state index contributed by atoms with van der Waals surface area (Å²) in [5.74, 6) is -0.194. The highest BCUT2D eigenvalue weighted by atomic mass is 19.1. The zero-order valence-corrected chi connectivity index (χ0v) is 23.9. The third-order valence-electron chi connectivity index (χ3n) is 7.62. The van der Waals surface area contributed by atoms with Crippen molar-refractivity contribution < 1.29 is 4.39 Å². The van der Waals surface area contributed by atoms with E-state index in [2.05, 4.69) is 59.1 Å². The molecular weight excluding hydrogens is 469 g/mol. The molecule has 2 aromatic carbocycles. The lowest BCUT2D eigenvalue weighted by atomic mass is 9.92. The molecular formula is C34H46FN3. The monoisotopic (exact) mass is 515 g/mol. The van der Waals surface area contributed by atoms with Gasteiger partial charge in [0.1, 0.15) is 5.82 Å². The van der Waals surface area contributed by atoms with Crippen molar-refractivity contribution in [2.24, 2.45) is 4.99 Å². The molecule has 1 aliphatic rings. The third-order valence-corrected chi connectivity index (χ3v) is 7.62. The fraction of sp³-hybridized carbons (Fsp3) is 0.441. The minimum atomic E-state index is -0.194. The number of piperidine rings is 1. The fourth-order valence-corrected chi connectivity index (χ4v) is 5.91. The first-order valence-electron chi connectivity index (χ1n) is 14.2. The molecule has 0 N–H and O–H groups in total. The van der Waals surface area contributed by atoms with E-state index in [0.29, 0.717) is 12.1 Å². The Morgan fingerprint density at radius 2 is 1.66 bits per heavy atom. The summed E-state index contributed by atoms with van der Waals surface area (Å²) in [5, 5.41) is 0. The molecule has 0 aromatic heterocycles. The lowest BCUT2D eigenvalue weighted by Gasteiger charge is -2.42. The van der Waals surface area contributed by atoms with E-state index in [1.165, 1.54) is 24.9 Å². The summed E-state index contributed by atoms with van der Waals surface area (Å²) >= 11 is 0. The molecule has 0 radical (unpaired) electrons. The fourth-order valence-electron chi connectivity index (χ4n) is 5.91. The number of allylic oxidation sites excluding steroid dienone is 4. The number of benzene rings is 2. The second-order valence-electron chi connectivity index (χ2n) is 10.5. The Balaban J connectivity index is 1.64. The minimum Gasteiger partial charge on any atom is -0.338 e. The summed E-state index contributed by atoms with van der Waals surface area (Å²) < 4.78 is 13.7. The standard InChI is InChI=1S/C34H46FN3/c1-7-13-30(17-12-14-27(5)34(26(3)4)28(6)36-8-2)37-24-22-33(23-25-37)38(31-15-10-9-11-16-31)32-20-18-29(35)19-21-32/h8-11,15-16,18-21,30,33H,3,5,7,12-14,17,22-25H2,1-2,4,6H3/b34-28+,36-8?. The molecule has 1 saturated heterocycles. The van der Waals surface area contributed by atoms with Gasteiger partial charge in [-0.05, 0) is 107 Å². The van der Waals surface area contributed by atoms with Crippen LogP contribution in [0.5, 0.6) is 0 Å². The minimum absolute atomic E-state index is 0.194. The predicted molar refractivity (Wildman–Crippen MR) is 163 cm³/mol. The van der Waals surface area contributed by atoms with Gasteiger partial charge in [0.2, 0.25) is 0 Å². The maximum absolute atomic E-state index is 13.7. The molecule has 0 bridgehead atoms. The van der Waals surface area contributed by atoms with E-state index in [0.717, 1.165) is 66.9 Å². The van der Waals surface area contributed by atoms with E-state index in [4.69, 9.17) is 0 Å². The first-order valence-corrected chi connectivity index (χ1v) is 14.2. The number of nitrogens with zero attached hydrogens (tertiary/aromatic N) is 3. The number of para-hydroxylation sites is 1. The van der Waals surface area contributed by atoms with Crippen LogP contribution in [0, 0.1) is 5.82 Å². The van der Waals surface area contributed by atoms with Crippen LogP contribution in [0.3, 0.4) is 0 Å². The average Bonchev–Trinajstić information content (AvgIpc) is 2.90. The molecule has 3 nitrogen and oxygen atoms in total. The molecule has 0 spiro atoms. The normalized spacial score (nSPS) is 16.3. The topological polar surface area (TPSA) is 18.8 Å². The molecule has 1 atom stereocenters. The van der Waals surface area contributed by atoms with Gasteiger partial charge in [-0.25, -0.2) is 4.39 Å². The number of likely N-dealkylation sites (tertiary alicyclic amines) is 1. The van der Waals surface area contributed by atoms with E-state index in [1.807, 2.05) is 45.2 Å². The van der Waals surface area contributed by atoms with Crippen molar-refractivity contribution in [2.45, 2.75) is 84.7 Å². The first kappa shape index (κ1) is 29.6. The first-order chi connectivity index (χ1) is 18.3. The number of hydrogen-bond donors (Lipinski definition) is 0. The van der Waals surface area contributed by atoms with Gasteiger partial charge in [0.05, 0.1) is 0 Å². The zero-order valence-electron chi connectivity index (χ0n) is 23.9. The molecule has 1 unspecified atom stereocenters. The van der Waals surface area contributed by atoms with Gasteiger partial charge < -0.3 is 9.80 Å². The lowest BCUT2D eigenvalue weighted by molar-refractivity contribution is 0.136. The third kappa shape index (κ3) is 8.01. The zero-order chi connectivity index (χ0) is 27.5. The summed E-state index contributed by atoms with van der Waals surface area (Å²) in [7, 11) is 0. The van der Waals surface area contributed by atoms with Crippen molar-refractivity contribution in [1.29, 1.82) is 0 Å². The van der Waals surface area contributed by atoms with Gasteiger partial charge in [-0.1, -0.05) is 44.7 Å². The van der Waals surface area contributed by atoms with Crippen molar-refractivity contribution in [1.82, 2.24) is 4.90 Å². The van der Waals surface area contributed by atoms with Gasteiger partial charge in [0.25, 0.3) is 0 Å². The van der Waals surface area contributed by atoms with E-state index in [9.17, 15) is 4.39 Å². The van der Waals surface area contributed by atoms with Crippen LogP contribution in [-0.2, 0) is 0 Å². The van der Waals surface area contributed by atoms with Gasteiger partial charge in [0.15, 0.2) is 0 Å². The molecule has 0 saturated carbocycles. The number of rotatable bonds is 13. The summed E-state index contributed by atoms with van der Waals surface area (Å²) in [5.41, 5.74) is 6.54. The van der Waals surface area contributed by atoms with Gasteiger partial charge >= 0.3 is 0 Å². The highest BCUT2D eigenvalue weighted by Gasteiger charge is 2.29. The van der Waals surface area contributed by atoms with Gasteiger partial charge in [-0.15, -0.1) is 0 Å². The second-order valence-corrected chi connectivity index (χ2v) is 10.5. The Kier molecular flexibility index (Phi) is 11.5. The van der Waals surface area contributed by atoms with Crippen molar-refractivity contribution >= 4 is 17.6 Å². The maximum Gasteiger partial charge on any atom is 0.123 e. The molecule has 4 heteroatoms. The van der Waals surface area contributed by atoms with Crippen LogP contribution in [0.1, 0.15) is 72.6 Å². The molecule has 38 heavy (non-hydrogen) atoms. The van der Waals surface area contributed by atoms with Crippen molar-refractivity contribution in [2.75, 3.05) is 18.0 Å². The Bertz CT molecular complexity index is 1090. The second kappa shape index (κ2) is 14.8. The summed E-state index contributed by atoms with van der Waals surface area (Å²) in [6.07, 6.45) is 9.71. The molecule has 1 aliphatic heterocycles. The van der Waals surface area contributed by atoms with Crippen LogP contribution in [0.4, 0.5) is 15.8 Å². The van der Waals surface area contributed by atoms with Crippen LogP contribution in [-0.4, -0.2) is 36.3 Å².